The van der Waals surface area contributed by atoms with Crippen molar-refractivity contribution in [2.75, 3.05) is 10.6 Å². The van der Waals surface area contributed by atoms with Crippen molar-refractivity contribution in [1.82, 2.24) is 9.97 Å². The predicted octanol–water partition coefficient (Wildman–Crippen LogP) is 3.21. The summed E-state index contributed by atoms with van der Waals surface area (Å²) in [5.41, 5.74) is 3.26. The minimum Gasteiger partial charge on any atom is -0.380 e. The van der Waals surface area contributed by atoms with Crippen LogP contribution >= 0.6 is 0 Å². The summed E-state index contributed by atoms with van der Waals surface area (Å²) in [6.45, 7) is 0.588. The minimum absolute atomic E-state index is 0.285. The van der Waals surface area contributed by atoms with Gasteiger partial charge in [0.2, 0.25) is 0 Å². The summed E-state index contributed by atoms with van der Waals surface area (Å²) in [5.74, 6) is -0.285. The summed E-state index contributed by atoms with van der Waals surface area (Å²) in [6.07, 6.45) is 6.65. The Morgan fingerprint density at radius 1 is 1.04 bits per heavy atom. The second-order valence-electron chi connectivity index (χ2n) is 5.32. The molecule has 0 radical (unpaired) electrons. The van der Waals surface area contributed by atoms with E-state index in [-0.39, 0.29) is 5.91 Å². The van der Waals surface area contributed by atoms with Gasteiger partial charge in [0.15, 0.2) is 0 Å². The summed E-state index contributed by atoms with van der Waals surface area (Å²) in [6, 6.07) is 14.4. The van der Waals surface area contributed by atoms with Crippen LogP contribution in [0.4, 0.5) is 11.4 Å². The molecule has 0 aliphatic heterocycles. The molecule has 0 spiro atoms. The Kier molecular flexibility index (Phi) is 4.98. The van der Waals surface area contributed by atoms with Gasteiger partial charge < -0.3 is 10.6 Å². The van der Waals surface area contributed by atoms with Gasteiger partial charge in [0.05, 0.1) is 22.9 Å². The SMILES string of the molecule is N#Cc1cccc(NC(=O)c2cncc(NCc3cccnc3)c2)c1. The van der Waals surface area contributed by atoms with Crippen molar-refractivity contribution < 1.29 is 4.79 Å². The molecule has 1 amide bonds. The number of nitrogens with one attached hydrogen (secondary N) is 2. The Labute approximate surface area is 145 Å². The number of anilines is 2. The number of hydrogen-bond donors (Lipinski definition) is 2. The van der Waals surface area contributed by atoms with Crippen molar-refractivity contribution in [3.8, 4) is 6.07 Å². The molecule has 0 fully saturated rings. The van der Waals surface area contributed by atoms with E-state index in [1.54, 1.807) is 48.9 Å². The van der Waals surface area contributed by atoms with Crippen LogP contribution in [0.5, 0.6) is 0 Å². The normalized spacial score (nSPS) is 9.88. The number of amides is 1. The number of nitriles is 1. The van der Waals surface area contributed by atoms with Crippen molar-refractivity contribution in [1.29, 1.82) is 5.26 Å². The number of benzene rings is 1. The summed E-state index contributed by atoms with van der Waals surface area (Å²) in [4.78, 5) is 20.5. The van der Waals surface area contributed by atoms with Crippen LogP contribution in [0.2, 0.25) is 0 Å². The number of carbonyl (C=O) groups excluding carboxylic acids is 1. The molecule has 0 aliphatic carbocycles. The van der Waals surface area contributed by atoms with E-state index >= 15 is 0 Å². The number of pyridine rings is 2. The van der Waals surface area contributed by atoms with Crippen LogP contribution in [-0.4, -0.2) is 15.9 Å². The molecule has 6 nitrogen and oxygen atoms in total. The Hall–Kier alpha value is -3.72. The quantitative estimate of drug-likeness (QED) is 0.750. The van der Waals surface area contributed by atoms with E-state index in [9.17, 15) is 4.79 Å². The van der Waals surface area contributed by atoms with E-state index in [4.69, 9.17) is 5.26 Å². The number of aromatic nitrogens is 2. The second kappa shape index (κ2) is 7.70. The van der Waals surface area contributed by atoms with E-state index in [0.29, 0.717) is 23.4 Å². The number of hydrogen-bond acceptors (Lipinski definition) is 5. The average Bonchev–Trinajstić information content (AvgIpc) is 2.67. The van der Waals surface area contributed by atoms with Crippen LogP contribution in [0.1, 0.15) is 21.5 Å². The molecule has 3 aromatic rings. The molecule has 2 N–H and O–H groups in total. The van der Waals surface area contributed by atoms with Crippen LogP contribution in [0, 0.1) is 11.3 Å². The van der Waals surface area contributed by atoms with Crippen LogP contribution in [0.15, 0.2) is 67.3 Å². The monoisotopic (exact) mass is 329 g/mol. The first-order valence-corrected chi connectivity index (χ1v) is 7.64. The molecule has 0 saturated carbocycles. The zero-order chi connectivity index (χ0) is 17.5. The van der Waals surface area contributed by atoms with Crippen LogP contribution in [0.3, 0.4) is 0 Å². The van der Waals surface area contributed by atoms with Crippen LogP contribution < -0.4 is 10.6 Å². The van der Waals surface area contributed by atoms with Crippen LogP contribution in [0.25, 0.3) is 0 Å². The smallest absolute Gasteiger partial charge is 0.257 e. The standard InChI is InChI=1S/C19H15N5O/c20-9-14-3-1-5-17(7-14)24-19(25)16-8-18(13-22-12-16)23-11-15-4-2-6-21-10-15/h1-8,10,12-13,23H,11H2,(H,24,25). The maximum atomic E-state index is 12.4. The molecule has 0 aliphatic rings. The fraction of sp³-hybridized carbons (Fsp3) is 0.0526. The van der Waals surface area contributed by atoms with Gasteiger partial charge in [-0.05, 0) is 35.9 Å². The fourth-order valence-electron chi connectivity index (χ4n) is 2.24. The highest BCUT2D eigenvalue weighted by molar-refractivity contribution is 6.04. The first-order valence-electron chi connectivity index (χ1n) is 7.64. The lowest BCUT2D eigenvalue weighted by molar-refractivity contribution is 0.102. The van der Waals surface area contributed by atoms with E-state index in [2.05, 4.69) is 20.6 Å². The lowest BCUT2D eigenvalue weighted by Crippen LogP contribution is -2.13. The molecular weight excluding hydrogens is 314 g/mol. The van der Waals surface area contributed by atoms with Gasteiger partial charge in [-0.1, -0.05) is 12.1 Å². The Morgan fingerprint density at radius 2 is 1.96 bits per heavy atom. The van der Waals surface area contributed by atoms with Crippen molar-refractivity contribution in [3.05, 3.63) is 83.9 Å². The molecule has 0 atom stereocenters. The second-order valence-corrected chi connectivity index (χ2v) is 5.32. The molecule has 0 saturated heterocycles. The topological polar surface area (TPSA) is 90.7 Å². The molecule has 0 bridgehead atoms. The highest BCUT2D eigenvalue weighted by Gasteiger charge is 2.08. The van der Waals surface area contributed by atoms with Gasteiger partial charge in [-0.3, -0.25) is 14.8 Å². The maximum Gasteiger partial charge on any atom is 0.257 e. The van der Waals surface area contributed by atoms with Crippen molar-refractivity contribution in [3.63, 3.8) is 0 Å². The van der Waals surface area contributed by atoms with Gasteiger partial charge in [0.25, 0.3) is 5.91 Å². The Balaban J connectivity index is 1.68. The molecule has 25 heavy (non-hydrogen) atoms. The third kappa shape index (κ3) is 4.39. The van der Waals surface area contributed by atoms with Crippen molar-refractivity contribution in [2.45, 2.75) is 6.54 Å². The Bertz CT molecular complexity index is 918. The minimum atomic E-state index is -0.285. The molecule has 2 heterocycles. The zero-order valence-corrected chi connectivity index (χ0v) is 13.3. The fourth-order valence-corrected chi connectivity index (χ4v) is 2.24. The molecule has 3 rings (SSSR count). The first kappa shape index (κ1) is 16.1. The van der Waals surface area contributed by atoms with E-state index in [1.807, 2.05) is 18.2 Å². The maximum absolute atomic E-state index is 12.4. The van der Waals surface area contributed by atoms with Gasteiger partial charge in [-0.25, -0.2) is 0 Å². The van der Waals surface area contributed by atoms with Crippen molar-refractivity contribution >= 4 is 17.3 Å². The summed E-state index contributed by atoms with van der Waals surface area (Å²) in [5, 5.41) is 14.9. The lowest BCUT2D eigenvalue weighted by atomic mass is 10.2. The predicted molar refractivity (Wildman–Crippen MR) is 94.9 cm³/mol. The molecular formula is C19H15N5O. The Morgan fingerprint density at radius 3 is 2.76 bits per heavy atom. The van der Waals surface area contributed by atoms with Gasteiger partial charge in [-0.15, -0.1) is 0 Å². The van der Waals surface area contributed by atoms with Gasteiger partial charge in [0, 0.05) is 37.0 Å². The highest BCUT2D eigenvalue weighted by Crippen LogP contribution is 2.14. The van der Waals surface area contributed by atoms with E-state index < -0.39 is 0 Å². The summed E-state index contributed by atoms with van der Waals surface area (Å²) in [7, 11) is 0. The lowest BCUT2D eigenvalue weighted by Gasteiger charge is -2.09. The average molecular weight is 329 g/mol. The third-order valence-corrected chi connectivity index (χ3v) is 3.47. The number of rotatable bonds is 5. The summed E-state index contributed by atoms with van der Waals surface area (Å²) >= 11 is 0. The molecule has 6 heteroatoms. The summed E-state index contributed by atoms with van der Waals surface area (Å²) < 4.78 is 0. The van der Waals surface area contributed by atoms with E-state index in [1.165, 1.54) is 6.20 Å². The largest absolute Gasteiger partial charge is 0.380 e. The zero-order valence-electron chi connectivity index (χ0n) is 13.3. The van der Waals surface area contributed by atoms with Crippen molar-refractivity contribution in [2.24, 2.45) is 0 Å². The molecule has 0 unspecified atom stereocenters. The van der Waals surface area contributed by atoms with Gasteiger partial charge in [0.1, 0.15) is 0 Å². The van der Waals surface area contributed by atoms with Gasteiger partial charge in [-0.2, -0.15) is 5.26 Å². The highest BCUT2D eigenvalue weighted by atomic mass is 16.1. The van der Waals surface area contributed by atoms with E-state index in [0.717, 1.165) is 11.3 Å². The first-order chi connectivity index (χ1) is 12.2. The molecule has 122 valence electrons. The molecule has 2 aromatic heterocycles. The third-order valence-electron chi connectivity index (χ3n) is 3.47. The van der Waals surface area contributed by atoms with Gasteiger partial charge >= 0.3 is 0 Å². The number of carbonyl (C=O) groups is 1. The van der Waals surface area contributed by atoms with Crippen LogP contribution in [-0.2, 0) is 6.54 Å². The number of nitrogens with zero attached hydrogens (tertiary/aromatic N) is 3. The molecule has 1 aromatic carbocycles.